The average Bonchev–Trinajstić information content (AvgIpc) is 3.34. The molecule has 1 unspecified atom stereocenters. The quantitative estimate of drug-likeness (QED) is 0.690. The number of likely N-dealkylation sites (tertiary alicyclic amines) is 2. The molecule has 2 fully saturated rings. The first-order chi connectivity index (χ1) is 13.8. The molecule has 4 heterocycles. The minimum absolute atomic E-state index is 0.409. The zero-order chi connectivity index (χ0) is 18.9. The lowest BCUT2D eigenvalue weighted by Crippen LogP contribution is -2.33. The van der Waals surface area contributed by atoms with Gasteiger partial charge < -0.3 is 9.47 Å². The second-order valence-corrected chi connectivity index (χ2v) is 8.30. The summed E-state index contributed by atoms with van der Waals surface area (Å²) in [6.45, 7) is 4.36. The van der Waals surface area contributed by atoms with Gasteiger partial charge in [-0.15, -0.1) is 0 Å². The molecule has 146 valence electrons. The van der Waals surface area contributed by atoms with Crippen molar-refractivity contribution in [3.05, 3.63) is 60.2 Å². The lowest BCUT2D eigenvalue weighted by molar-refractivity contribution is 0.206. The average molecular weight is 376 g/mol. The summed E-state index contributed by atoms with van der Waals surface area (Å²) in [6.07, 6.45) is 6.74. The van der Waals surface area contributed by atoms with E-state index in [-0.39, 0.29) is 0 Å². The first kappa shape index (κ1) is 17.8. The van der Waals surface area contributed by atoms with Crippen LogP contribution in [0.25, 0.3) is 11.0 Å². The predicted octanol–water partition coefficient (Wildman–Crippen LogP) is 4.04. The van der Waals surface area contributed by atoms with Crippen LogP contribution in [0.3, 0.4) is 0 Å². The van der Waals surface area contributed by atoms with Gasteiger partial charge in [0, 0.05) is 12.2 Å². The molecule has 5 heteroatoms. The smallest absolute Gasteiger partial charge is 0.124 e. The van der Waals surface area contributed by atoms with Gasteiger partial charge in [0.05, 0.1) is 29.3 Å². The number of rotatable bonds is 4. The van der Waals surface area contributed by atoms with Crippen LogP contribution in [0.2, 0.25) is 0 Å². The Morgan fingerprint density at radius 3 is 2.61 bits per heavy atom. The number of aromatic nitrogens is 3. The van der Waals surface area contributed by atoms with Crippen LogP contribution in [0.5, 0.6) is 0 Å². The third-order valence-electron chi connectivity index (χ3n) is 6.46. The topological polar surface area (TPSA) is 37.2 Å². The number of pyridine rings is 1. The van der Waals surface area contributed by atoms with E-state index < -0.39 is 0 Å². The van der Waals surface area contributed by atoms with Crippen molar-refractivity contribution in [2.24, 2.45) is 0 Å². The van der Waals surface area contributed by atoms with E-state index in [0.29, 0.717) is 12.1 Å². The van der Waals surface area contributed by atoms with E-state index in [1.807, 2.05) is 12.3 Å². The molecular formula is C23H29N5. The van der Waals surface area contributed by atoms with Crippen molar-refractivity contribution < 1.29 is 0 Å². The monoisotopic (exact) mass is 375 g/mol. The van der Waals surface area contributed by atoms with Crippen molar-refractivity contribution in [1.82, 2.24) is 24.3 Å². The third kappa shape index (κ3) is 3.33. The lowest BCUT2D eigenvalue weighted by atomic mass is 10.0. The van der Waals surface area contributed by atoms with Gasteiger partial charge in [-0.2, -0.15) is 0 Å². The fraction of sp³-hybridized carbons (Fsp3) is 0.478. The molecule has 2 aliphatic heterocycles. The first-order valence-corrected chi connectivity index (χ1v) is 10.6. The molecule has 0 N–H and O–H groups in total. The Kier molecular flexibility index (Phi) is 4.87. The fourth-order valence-electron chi connectivity index (χ4n) is 4.97. The Labute approximate surface area is 167 Å². The number of benzene rings is 1. The molecule has 2 aliphatic rings. The molecular weight excluding hydrogens is 346 g/mol. The number of piperidine rings is 1. The van der Waals surface area contributed by atoms with Crippen LogP contribution >= 0.6 is 0 Å². The molecule has 0 aliphatic carbocycles. The number of nitrogens with zero attached hydrogens (tertiary/aromatic N) is 5. The summed E-state index contributed by atoms with van der Waals surface area (Å²) in [5.41, 5.74) is 3.62. The largest absolute Gasteiger partial charge is 0.324 e. The second kappa shape index (κ2) is 7.64. The van der Waals surface area contributed by atoms with E-state index in [2.05, 4.69) is 62.8 Å². The van der Waals surface area contributed by atoms with Crippen LogP contribution in [-0.4, -0.2) is 51.0 Å². The van der Waals surface area contributed by atoms with Crippen LogP contribution in [0.15, 0.2) is 48.7 Å². The van der Waals surface area contributed by atoms with Gasteiger partial charge in [-0.25, -0.2) is 4.98 Å². The molecule has 0 spiro atoms. The molecule has 2 aromatic heterocycles. The Balaban J connectivity index is 1.48. The van der Waals surface area contributed by atoms with Gasteiger partial charge in [0.15, 0.2) is 0 Å². The molecule has 5 rings (SSSR count). The van der Waals surface area contributed by atoms with E-state index in [1.165, 1.54) is 42.7 Å². The molecule has 1 aromatic carbocycles. The Bertz CT molecular complexity index is 927. The minimum Gasteiger partial charge on any atom is -0.324 e. The van der Waals surface area contributed by atoms with Crippen molar-refractivity contribution in [2.45, 2.75) is 44.3 Å². The summed E-state index contributed by atoms with van der Waals surface area (Å²) < 4.78 is 2.55. The van der Waals surface area contributed by atoms with Gasteiger partial charge in [-0.05, 0) is 76.6 Å². The van der Waals surface area contributed by atoms with Crippen LogP contribution in [-0.2, 0) is 6.54 Å². The summed E-state index contributed by atoms with van der Waals surface area (Å²) in [5, 5.41) is 0. The first-order valence-electron chi connectivity index (χ1n) is 10.6. The Morgan fingerprint density at radius 2 is 1.79 bits per heavy atom. The van der Waals surface area contributed by atoms with Crippen molar-refractivity contribution in [2.75, 3.05) is 26.7 Å². The molecule has 0 radical (unpaired) electrons. The van der Waals surface area contributed by atoms with Crippen LogP contribution in [0.4, 0.5) is 0 Å². The van der Waals surface area contributed by atoms with E-state index >= 15 is 0 Å². The van der Waals surface area contributed by atoms with E-state index in [9.17, 15) is 0 Å². The lowest BCUT2D eigenvalue weighted by Gasteiger charge is -2.32. The standard InChI is InChI=1S/C23H29N5/c1-26-15-11-18(12-16-26)28-22-9-3-2-8-20(22)25-23(28)17-27-14-6-10-21(27)19-7-4-5-13-24-19/h2-5,7-9,13,18,21H,6,10-12,14-17H2,1H3. The normalized spacial score (nSPS) is 22.2. The van der Waals surface area contributed by atoms with Gasteiger partial charge >= 0.3 is 0 Å². The van der Waals surface area contributed by atoms with Gasteiger partial charge in [-0.3, -0.25) is 9.88 Å². The van der Waals surface area contributed by atoms with Gasteiger partial charge in [-0.1, -0.05) is 18.2 Å². The molecule has 28 heavy (non-hydrogen) atoms. The van der Waals surface area contributed by atoms with Gasteiger partial charge in [0.1, 0.15) is 5.82 Å². The molecule has 1 atom stereocenters. The number of imidazole rings is 1. The predicted molar refractivity (Wildman–Crippen MR) is 112 cm³/mol. The molecule has 0 saturated carbocycles. The number of hydrogen-bond donors (Lipinski definition) is 0. The third-order valence-corrected chi connectivity index (χ3v) is 6.46. The summed E-state index contributed by atoms with van der Waals surface area (Å²) in [6, 6.07) is 15.9. The number of para-hydroxylation sites is 2. The van der Waals surface area contributed by atoms with Crippen molar-refractivity contribution >= 4 is 11.0 Å². The van der Waals surface area contributed by atoms with Crippen molar-refractivity contribution in [1.29, 1.82) is 0 Å². The molecule has 5 nitrogen and oxygen atoms in total. The highest BCUT2D eigenvalue weighted by atomic mass is 15.2. The molecule has 2 saturated heterocycles. The molecule has 0 bridgehead atoms. The van der Waals surface area contributed by atoms with Gasteiger partial charge in [0.25, 0.3) is 0 Å². The molecule has 0 amide bonds. The second-order valence-electron chi connectivity index (χ2n) is 8.30. The summed E-state index contributed by atoms with van der Waals surface area (Å²) >= 11 is 0. The number of fused-ring (bicyclic) bond motifs is 1. The van der Waals surface area contributed by atoms with Crippen LogP contribution in [0.1, 0.15) is 49.3 Å². The van der Waals surface area contributed by atoms with Crippen LogP contribution in [0, 0.1) is 0 Å². The minimum atomic E-state index is 0.409. The number of hydrogen-bond acceptors (Lipinski definition) is 4. The van der Waals surface area contributed by atoms with Crippen LogP contribution < -0.4 is 0 Å². The maximum atomic E-state index is 5.09. The zero-order valence-electron chi connectivity index (χ0n) is 16.7. The van der Waals surface area contributed by atoms with E-state index in [1.54, 1.807) is 0 Å². The maximum Gasteiger partial charge on any atom is 0.124 e. The maximum absolute atomic E-state index is 5.09. The summed E-state index contributed by atoms with van der Waals surface area (Å²) in [5.74, 6) is 1.22. The Morgan fingerprint density at radius 1 is 0.964 bits per heavy atom. The van der Waals surface area contributed by atoms with Crippen molar-refractivity contribution in [3.8, 4) is 0 Å². The summed E-state index contributed by atoms with van der Waals surface area (Å²) in [7, 11) is 2.23. The summed E-state index contributed by atoms with van der Waals surface area (Å²) in [4.78, 5) is 14.7. The SMILES string of the molecule is CN1CCC(n2c(CN3CCCC3c3ccccn3)nc3ccccc32)CC1. The molecule has 3 aromatic rings. The fourth-order valence-corrected chi connectivity index (χ4v) is 4.97. The highest BCUT2D eigenvalue weighted by Gasteiger charge is 2.30. The Hall–Kier alpha value is -2.24. The zero-order valence-corrected chi connectivity index (χ0v) is 16.7. The highest BCUT2D eigenvalue weighted by molar-refractivity contribution is 5.76. The van der Waals surface area contributed by atoms with E-state index in [0.717, 1.165) is 31.7 Å². The van der Waals surface area contributed by atoms with Crippen molar-refractivity contribution in [3.63, 3.8) is 0 Å². The van der Waals surface area contributed by atoms with E-state index in [4.69, 9.17) is 4.98 Å². The van der Waals surface area contributed by atoms with Gasteiger partial charge in [0.2, 0.25) is 0 Å². The highest BCUT2D eigenvalue weighted by Crippen LogP contribution is 2.34.